The topological polar surface area (TPSA) is 55.1 Å². The molecule has 1 aromatic carbocycles. The largest absolute Gasteiger partial charge is 0.348 e. The number of nitrogens with one attached hydrogen (secondary N) is 1. The van der Waals surface area contributed by atoms with Crippen LogP contribution < -0.4 is 11.1 Å². The Balaban J connectivity index is 2.70. The van der Waals surface area contributed by atoms with Crippen molar-refractivity contribution in [1.82, 2.24) is 5.32 Å². The second-order valence-electron chi connectivity index (χ2n) is 4.52. The molecule has 0 saturated heterocycles. The molecule has 1 rings (SSSR count). The molecule has 0 bridgehead atoms. The molecule has 2 atom stereocenters. The Hall–Kier alpha value is -1.06. The van der Waals surface area contributed by atoms with Crippen molar-refractivity contribution in [2.45, 2.75) is 32.9 Å². The highest BCUT2D eigenvalue weighted by Crippen LogP contribution is 2.22. The van der Waals surface area contributed by atoms with E-state index in [0.29, 0.717) is 5.02 Å². The lowest BCUT2D eigenvalue weighted by Gasteiger charge is -2.20. The number of carbonyl (C=O) groups is 1. The third-order valence-electron chi connectivity index (χ3n) is 2.75. The normalized spacial score (nSPS) is 14.5. The summed E-state index contributed by atoms with van der Waals surface area (Å²) in [6.07, 6.45) is 0. The van der Waals surface area contributed by atoms with Crippen LogP contribution >= 0.6 is 11.6 Å². The third kappa shape index (κ3) is 3.72. The summed E-state index contributed by atoms with van der Waals surface area (Å²) in [5, 5.41) is 3.52. The molecular weight excluding hydrogens is 236 g/mol. The van der Waals surface area contributed by atoms with Gasteiger partial charge in [-0.25, -0.2) is 0 Å². The molecule has 0 aliphatic heterocycles. The fourth-order valence-corrected chi connectivity index (χ4v) is 1.82. The number of rotatable bonds is 4. The van der Waals surface area contributed by atoms with E-state index in [0.717, 1.165) is 5.56 Å². The molecule has 94 valence electrons. The van der Waals surface area contributed by atoms with E-state index in [1.165, 1.54) is 0 Å². The lowest BCUT2D eigenvalue weighted by molar-refractivity contribution is -0.123. The van der Waals surface area contributed by atoms with E-state index in [-0.39, 0.29) is 17.9 Å². The Labute approximate surface area is 107 Å². The molecule has 0 aliphatic rings. The number of amides is 1. The first kappa shape index (κ1) is 14.0. The highest BCUT2D eigenvalue weighted by molar-refractivity contribution is 6.31. The maximum absolute atomic E-state index is 11.8. The molecular formula is C13H19ClN2O. The van der Waals surface area contributed by atoms with Gasteiger partial charge >= 0.3 is 0 Å². The Kier molecular flexibility index (Phi) is 4.97. The monoisotopic (exact) mass is 254 g/mol. The Morgan fingerprint density at radius 3 is 2.41 bits per heavy atom. The van der Waals surface area contributed by atoms with Crippen LogP contribution in [0.2, 0.25) is 5.02 Å². The van der Waals surface area contributed by atoms with Gasteiger partial charge in [-0.3, -0.25) is 4.79 Å². The Morgan fingerprint density at radius 2 is 1.88 bits per heavy atom. The quantitative estimate of drug-likeness (QED) is 0.868. The summed E-state index contributed by atoms with van der Waals surface area (Å²) >= 11 is 6.06. The first-order valence-corrected chi connectivity index (χ1v) is 6.11. The number of hydrogen-bond donors (Lipinski definition) is 2. The summed E-state index contributed by atoms with van der Waals surface area (Å²) in [4.78, 5) is 11.8. The molecule has 3 nitrogen and oxygen atoms in total. The van der Waals surface area contributed by atoms with Crippen molar-refractivity contribution in [3.05, 3.63) is 34.9 Å². The minimum atomic E-state index is -0.486. The number of halogens is 1. The van der Waals surface area contributed by atoms with Gasteiger partial charge in [0.05, 0.1) is 12.1 Å². The van der Waals surface area contributed by atoms with E-state index in [2.05, 4.69) is 5.32 Å². The second-order valence-corrected chi connectivity index (χ2v) is 4.93. The summed E-state index contributed by atoms with van der Waals surface area (Å²) in [6, 6.07) is 6.84. The van der Waals surface area contributed by atoms with Crippen molar-refractivity contribution in [3.8, 4) is 0 Å². The van der Waals surface area contributed by atoms with Crippen LogP contribution in [0, 0.1) is 5.92 Å². The number of benzene rings is 1. The molecule has 0 radical (unpaired) electrons. The zero-order chi connectivity index (χ0) is 13.0. The van der Waals surface area contributed by atoms with Crippen LogP contribution in [-0.2, 0) is 4.79 Å². The predicted molar refractivity (Wildman–Crippen MR) is 70.8 cm³/mol. The minimum absolute atomic E-state index is 0.119. The second kappa shape index (κ2) is 6.03. The maximum Gasteiger partial charge on any atom is 0.237 e. The van der Waals surface area contributed by atoms with Gasteiger partial charge in [-0.1, -0.05) is 43.6 Å². The van der Waals surface area contributed by atoms with Crippen LogP contribution in [0.25, 0.3) is 0 Å². The van der Waals surface area contributed by atoms with Crippen molar-refractivity contribution in [2.24, 2.45) is 11.7 Å². The van der Waals surface area contributed by atoms with Crippen LogP contribution in [0.4, 0.5) is 0 Å². The molecule has 4 heteroatoms. The summed E-state index contributed by atoms with van der Waals surface area (Å²) in [6.45, 7) is 5.74. The zero-order valence-corrected chi connectivity index (χ0v) is 11.2. The van der Waals surface area contributed by atoms with Gasteiger partial charge in [0.1, 0.15) is 0 Å². The highest BCUT2D eigenvalue weighted by Gasteiger charge is 2.20. The predicted octanol–water partition coefficient (Wildman–Crippen LogP) is 2.50. The van der Waals surface area contributed by atoms with Crippen LogP contribution in [0.5, 0.6) is 0 Å². The maximum atomic E-state index is 11.8. The summed E-state index contributed by atoms with van der Waals surface area (Å²) in [7, 11) is 0. The van der Waals surface area contributed by atoms with Gasteiger partial charge in [0.15, 0.2) is 0 Å². The average molecular weight is 255 g/mol. The lowest BCUT2D eigenvalue weighted by Crippen LogP contribution is -2.44. The van der Waals surface area contributed by atoms with Crippen LogP contribution in [0.1, 0.15) is 32.4 Å². The van der Waals surface area contributed by atoms with Crippen LogP contribution in [0.15, 0.2) is 24.3 Å². The van der Waals surface area contributed by atoms with Crippen LogP contribution in [-0.4, -0.2) is 11.9 Å². The smallest absolute Gasteiger partial charge is 0.237 e. The fourth-order valence-electron chi connectivity index (χ4n) is 1.52. The Bertz CT molecular complexity index is 393. The summed E-state index contributed by atoms with van der Waals surface area (Å²) < 4.78 is 0. The van der Waals surface area contributed by atoms with Crippen molar-refractivity contribution in [2.75, 3.05) is 0 Å². The van der Waals surface area contributed by atoms with E-state index < -0.39 is 6.04 Å². The van der Waals surface area contributed by atoms with E-state index in [1.807, 2.05) is 45.0 Å². The SMILES string of the molecule is CC(C)[C@H](N)C(=O)N[C@H](C)c1ccccc1Cl. The molecule has 1 amide bonds. The van der Waals surface area contributed by atoms with Crippen molar-refractivity contribution in [3.63, 3.8) is 0 Å². The number of nitrogens with two attached hydrogens (primary N) is 1. The molecule has 1 aromatic rings. The van der Waals surface area contributed by atoms with Gasteiger partial charge in [-0.05, 0) is 24.5 Å². The minimum Gasteiger partial charge on any atom is -0.348 e. The molecule has 0 spiro atoms. The number of carbonyl (C=O) groups excluding carboxylic acids is 1. The van der Waals surface area contributed by atoms with Gasteiger partial charge in [0.25, 0.3) is 0 Å². The molecule has 0 aliphatic carbocycles. The average Bonchev–Trinajstić information content (AvgIpc) is 2.28. The van der Waals surface area contributed by atoms with Gasteiger partial charge in [-0.15, -0.1) is 0 Å². The molecule has 0 saturated carbocycles. The Morgan fingerprint density at radius 1 is 1.29 bits per heavy atom. The first-order valence-electron chi connectivity index (χ1n) is 5.74. The van der Waals surface area contributed by atoms with Crippen molar-refractivity contribution >= 4 is 17.5 Å². The van der Waals surface area contributed by atoms with Crippen molar-refractivity contribution in [1.29, 1.82) is 0 Å². The van der Waals surface area contributed by atoms with E-state index in [4.69, 9.17) is 17.3 Å². The highest BCUT2D eigenvalue weighted by atomic mass is 35.5. The third-order valence-corrected chi connectivity index (χ3v) is 3.10. The number of hydrogen-bond acceptors (Lipinski definition) is 2. The van der Waals surface area contributed by atoms with Gasteiger partial charge in [-0.2, -0.15) is 0 Å². The van der Waals surface area contributed by atoms with Crippen LogP contribution in [0.3, 0.4) is 0 Å². The first-order chi connectivity index (χ1) is 7.93. The van der Waals surface area contributed by atoms with E-state index in [1.54, 1.807) is 0 Å². The van der Waals surface area contributed by atoms with Gasteiger partial charge in [0, 0.05) is 5.02 Å². The standard InChI is InChI=1S/C13H19ClN2O/c1-8(2)12(15)13(17)16-9(3)10-6-4-5-7-11(10)14/h4-9,12H,15H2,1-3H3,(H,16,17)/t9-,12+/m1/s1. The molecule has 0 aromatic heterocycles. The molecule has 0 fully saturated rings. The zero-order valence-electron chi connectivity index (χ0n) is 10.4. The van der Waals surface area contributed by atoms with E-state index >= 15 is 0 Å². The molecule has 0 heterocycles. The van der Waals surface area contributed by atoms with Gasteiger partial charge in [0.2, 0.25) is 5.91 Å². The van der Waals surface area contributed by atoms with Gasteiger partial charge < -0.3 is 11.1 Å². The van der Waals surface area contributed by atoms with Crippen molar-refractivity contribution < 1.29 is 4.79 Å². The molecule has 0 unspecified atom stereocenters. The van der Waals surface area contributed by atoms with E-state index in [9.17, 15) is 4.79 Å². The summed E-state index contributed by atoms with van der Waals surface area (Å²) in [5.41, 5.74) is 6.68. The summed E-state index contributed by atoms with van der Waals surface area (Å²) in [5.74, 6) is -0.0270. The molecule has 17 heavy (non-hydrogen) atoms. The molecule has 3 N–H and O–H groups in total. The lowest BCUT2D eigenvalue weighted by atomic mass is 10.0. The fraction of sp³-hybridized carbons (Fsp3) is 0.462.